The van der Waals surface area contributed by atoms with Crippen LogP contribution in [-0.2, 0) is 16.1 Å². The predicted octanol–water partition coefficient (Wildman–Crippen LogP) is 3.00. The van der Waals surface area contributed by atoms with Gasteiger partial charge in [-0.1, -0.05) is 65.3 Å². The number of hydrogen-bond donors (Lipinski definition) is 7. The van der Waals surface area contributed by atoms with Crippen molar-refractivity contribution in [2.24, 2.45) is 50.2 Å². The second-order valence-corrected chi connectivity index (χ2v) is 19.4. The van der Waals surface area contributed by atoms with Crippen molar-refractivity contribution in [3.63, 3.8) is 0 Å². The van der Waals surface area contributed by atoms with Crippen LogP contribution in [0.1, 0.15) is 118 Å². The lowest BCUT2D eigenvalue weighted by Gasteiger charge is -2.71. The van der Waals surface area contributed by atoms with Gasteiger partial charge in [0.25, 0.3) is 0 Å². The van der Waals surface area contributed by atoms with Gasteiger partial charge >= 0.3 is 0 Å². The molecule has 5 aliphatic carbocycles. The zero-order valence-electron chi connectivity index (χ0n) is 31.5. The maximum atomic E-state index is 14.6. The van der Waals surface area contributed by atoms with E-state index in [9.17, 15) is 35.4 Å². The molecule has 4 saturated carbocycles. The van der Waals surface area contributed by atoms with Crippen molar-refractivity contribution in [2.75, 3.05) is 6.61 Å². The van der Waals surface area contributed by atoms with Gasteiger partial charge in [-0.15, -0.1) is 5.10 Å². The number of aliphatic hydroxyl groups is 6. The van der Waals surface area contributed by atoms with Crippen LogP contribution in [0.15, 0.2) is 17.8 Å². The highest BCUT2D eigenvalue weighted by molar-refractivity contribution is 5.85. The number of rotatable bonds is 5. The third kappa shape index (κ3) is 5.28. The van der Waals surface area contributed by atoms with E-state index in [1.165, 1.54) is 16.5 Å². The quantitative estimate of drug-likeness (QED) is 0.223. The standard InChI is InChI=1S/C39H62N4O8/c1-34(2)14-15-39(33(50)40-18-21-19-43(42-41-21)32-31(49)30(48)29(47)24(20-44)51-32)23(16-34)22-8-9-26-36(5)12-11-27(45)35(3,4)25(36)10-13-37(26,6)38(22,7)17-28(39)46/h8,19,23-32,44-49H,9-18,20H2,1-7H3,(H,40,50)/t23-,24+,25-,26+,27-,28+,29-,30-,31+,32+,36-,37+,38+,39+/m0/s1. The first-order valence-corrected chi connectivity index (χ1v) is 19.3. The van der Waals surface area contributed by atoms with Gasteiger partial charge in [-0.05, 0) is 103 Å². The summed E-state index contributed by atoms with van der Waals surface area (Å²) < 4.78 is 6.85. The number of carbonyl (C=O) groups is 1. The van der Waals surface area contributed by atoms with Gasteiger partial charge in [-0.3, -0.25) is 4.79 Å². The number of nitrogens with zero attached hydrogens (tertiary/aromatic N) is 3. The molecule has 286 valence electrons. The number of hydrogen-bond acceptors (Lipinski definition) is 10. The molecule has 1 aliphatic heterocycles. The Hall–Kier alpha value is -1.93. The van der Waals surface area contributed by atoms with Crippen molar-refractivity contribution in [2.45, 2.75) is 156 Å². The van der Waals surface area contributed by atoms with Gasteiger partial charge in [0.2, 0.25) is 5.91 Å². The van der Waals surface area contributed by atoms with Gasteiger partial charge in [0.15, 0.2) is 6.23 Å². The summed E-state index contributed by atoms with van der Waals surface area (Å²) in [5.41, 5.74) is 0.357. The zero-order chi connectivity index (χ0) is 37.1. The van der Waals surface area contributed by atoms with Crippen molar-refractivity contribution in [1.82, 2.24) is 20.3 Å². The summed E-state index contributed by atoms with van der Waals surface area (Å²) in [6, 6.07) is 0. The van der Waals surface area contributed by atoms with Crippen LogP contribution < -0.4 is 5.32 Å². The van der Waals surface area contributed by atoms with Crippen molar-refractivity contribution in [3.8, 4) is 0 Å². The van der Waals surface area contributed by atoms with Gasteiger partial charge in [-0.2, -0.15) is 0 Å². The Balaban J connectivity index is 1.16. The molecule has 51 heavy (non-hydrogen) atoms. The minimum Gasteiger partial charge on any atom is -0.394 e. The fourth-order valence-corrected chi connectivity index (χ4v) is 12.9. The summed E-state index contributed by atoms with van der Waals surface area (Å²) in [6.07, 6.45) is 3.64. The highest BCUT2D eigenvalue weighted by Crippen LogP contribution is 2.75. The average Bonchev–Trinajstić information content (AvgIpc) is 3.53. The molecule has 0 spiro atoms. The molecule has 12 nitrogen and oxygen atoms in total. The van der Waals surface area contributed by atoms with Gasteiger partial charge < -0.3 is 40.7 Å². The number of aromatic nitrogens is 3. The van der Waals surface area contributed by atoms with Crippen LogP contribution in [-0.4, -0.2) is 94.8 Å². The first-order chi connectivity index (χ1) is 23.8. The summed E-state index contributed by atoms with van der Waals surface area (Å²) in [4.78, 5) is 14.6. The largest absolute Gasteiger partial charge is 0.394 e. The maximum Gasteiger partial charge on any atom is 0.229 e. The third-order valence-corrected chi connectivity index (χ3v) is 16.2. The number of nitrogens with one attached hydrogen (secondary N) is 1. The summed E-state index contributed by atoms with van der Waals surface area (Å²) in [6.45, 7) is 15.9. The average molecular weight is 715 g/mol. The normalized spacial score (nSPS) is 48.7. The lowest BCUT2D eigenvalue weighted by Crippen LogP contribution is -2.68. The highest BCUT2D eigenvalue weighted by atomic mass is 16.6. The summed E-state index contributed by atoms with van der Waals surface area (Å²) in [5, 5.41) is 75.5. The maximum absolute atomic E-state index is 14.6. The molecule has 7 N–H and O–H groups in total. The Morgan fingerprint density at radius 3 is 2.33 bits per heavy atom. The molecular weight excluding hydrogens is 652 g/mol. The molecule has 1 aromatic rings. The van der Waals surface area contributed by atoms with E-state index in [0.717, 1.165) is 44.9 Å². The molecule has 12 heteroatoms. The Labute approximate surface area is 302 Å². The van der Waals surface area contributed by atoms with Gasteiger partial charge in [0.1, 0.15) is 30.1 Å². The fraction of sp³-hybridized carbons (Fsp3) is 0.872. The van der Waals surface area contributed by atoms with Crippen LogP contribution in [0.2, 0.25) is 0 Å². The van der Waals surface area contributed by atoms with E-state index in [2.05, 4.69) is 70.2 Å². The molecule has 2 heterocycles. The lowest BCUT2D eigenvalue weighted by atomic mass is 9.33. The van der Waals surface area contributed by atoms with E-state index in [0.29, 0.717) is 30.4 Å². The second-order valence-electron chi connectivity index (χ2n) is 19.4. The van der Waals surface area contributed by atoms with Crippen molar-refractivity contribution >= 4 is 5.91 Å². The molecular formula is C39H62N4O8. The zero-order valence-corrected chi connectivity index (χ0v) is 31.5. The molecule has 5 fully saturated rings. The van der Waals surface area contributed by atoms with E-state index >= 15 is 0 Å². The van der Waals surface area contributed by atoms with Crippen molar-refractivity contribution in [1.29, 1.82) is 0 Å². The summed E-state index contributed by atoms with van der Waals surface area (Å²) in [7, 11) is 0. The molecule has 0 unspecified atom stereocenters. The number of aliphatic hydroxyl groups excluding tert-OH is 6. The number of allylic oxidation sites excluding steroid dienone is 2. The minimum atomic E-state index is -1.55. The Morgan fingerprint density at radius 1 is 0.902 bits per heavy atom. The van der Waals surface area contributed by atoms with Crippen LogP contribution in [0, 0.1) is 50.2 Å². The van der Waals surface area contributed by atoms with E-state index in [1.807, 2.05) is 0 Å². The highest BCUT2D eigenvalue weighted by Gasteiger charge is 2.71. The number of ether oxygens (including phenoxy) is 1. The summed E-state index contributed by atoms with van der Waals surface area (Å²) >= 11 is 0. The van der Waals surface area contributed by atoms with E-state index in [1.54, 1.807) is 0 Å². The number of amides is 1. The monoisotopic (exact) mass is 714 g/mol. The molecule has 1 saturated heterocycles. The fourth-order valence-electron chi connectivity index (χ4n) is 12.9. The van der Waals surface area contributed by atoms with E-state index in [4.69, 9.17) is 4.74 Å². The van der Waals surface area contributed by atoms with Crippen LogP contribution in [0.4, 0.5) is 0 Å². The SMILES string of the molecule is CC1(C)CC[C@]2(C(=O)NCc3cn([C@@H]4O[C@H](CO)[C@H](O)[C@H](O)[C@H]4O)nn3)[C@H](O)C[C@]3(C)C(=CC[C@@H]4[C@@]5(C)CC[C@H](O)C(C)(C)[C@@H]5CC[C@]43C)[C@@H]2C1. The van der Waals surface area contributed by atoms with E-state index < -0.39 is 48.8 Å². The van der Waals surface area contributed by atoms with Crippen LogP contribution in [0.25, 0.3) is 0 Å². The molecule has 0 aromatic carbocycles. The lowest BCUT2D eigenvalue weighted by molar-refractivity contribution is -0.254. The van der Waals surface area contributed by atoms with Gasteiger partial charge in [0, 0.05) is 0 Å². The van der Waals surface area contributed by atoms with Crippen molar-refractivity contribution in [3.05, 3.63) is 23.5 Å². The first-order valence-electron chi connectivity index (χ1n) is 19.3. The Bertz CT molecular complexity index is 1540. The molecule has 1 aromatic heterocycles. The van der Waals surface area contributed by atoms with Gasteiger partial charge in [0.05, 0.1) is 37.0 Å². The molecule has 6 aliphatic rings. The predicted molar refractivity (Wildman–Crippen MR) is 187 cm³/mol. The first kappa shape index (κ1) is 37.4. The summed E-state index contributed by atoms with van der Waals surface area (Å²) in [5.74, 6) is 0.538. The van der Waals surface area contributed by atoms with Crippen LogP contribution >= 0.6 is 0 Å². The Kier molecular flexibility index (Phi) is 9.01. The van der Waals surface area contributed by atoms with Crippen LogP contribution in [0.3, 0.4) is 0 Å². The topological polar surface area (TPSA) is 190 Å². The smallest absolute Gasteiger partial charge is 0.229 e. The Morgan fingerprint density at radius 2 is 1.63 bits per heavy atom. The second kappa shape index (κ2) is 12.3. The number of fused-ring (bicyclic) bond motifs is 7. The third-order valence-electron chi connectivity index (χ3n) is 16.2. The molecule has 1 amide bonds. The van der Waals surface area contributed by atoms with Gasteiger partial charge in [-0.25, -0.2) is 4.68 Å². The van der Waals surface area contributed by atoms with Crippen LogP contribution in [0.5, 0.6) is 0 Å². The van der Waals surface area contributed by atoms with Crippen molar-refractivity contribution < 1.29 is 40.2 Å². The minimum absolute atomic E-state index is 0.00623. The molecule has 0 radical (unpaired) electrons. The molecule has 0 bridgehead atoms. The molecule has 7 rings (SSSR count). The number of carbonyl (C=O) groups excluding carboxylic acids is 1. The molecule has 14 atom stereocenters. The van der Waals surface area contributed by atoms with E-state index in [-0.39, 0.29) is 51.5 Å².